The Hall–Kier alpha value is -0.0200. The van der Waals surface area contributed by atoms with Crippen molar-refractivity contribution in [2.75, 3.05) is 25.4 Å². The average Bonchev–Trinajstić information content (AvgIpc) is 2.65. The molecule has 1 aliphatic heterocycles. The van der Waals surface area contributed by atoms with E-state index in [4.69, 9.17) is 0 Å². The van der Waals surface area contributed by atoms with E-state index < -0.39 is 0 Å². The zero-order chi connectivity index (χ0) is 11.6. The first kappa shape index (κ1) is 12.4. The normalized spacial score (nSPS) is 29.1. The van der Waals surface area contributed by atoms with E-state index in [1.54, 1.807) is 0 Å². The van der Waals surface area contributed by atoms with Crippen LogP contribution in [0, 0.1) is 5.41 Å². The van der Waals surface area contributed by atoms with Crippen LogP contribution in [0.15, 0.2) is 0 Å². The van der Waals surface area contributed by atoms with Gasteiger partial charge in [-0.05, 0) is 26.7 Å². The highest BCUT2D eigenvalue weighted by atomic mass is 32.2. The SMILES string of the molecule is CC1(C)CN(CC2(C=O)CCCC2)CCS1. The Morgan fingerprint density at radius 2 is 2.00 bits per heavy atom. The van der Waals surface area contributed by atoms with Crippen molar-refractivity contribution in [1.29, 1.82) is 0 Å². The second-order valence-corrected chi connectivity index (χ2v) is 7.81. The molecule has 2 rings (SSSR count). The minimum absolute atomic E-state index is 0.00190. The van der Waals surface area contributed by atoms with Crippen molar-refractivity contribution < 1.29 is 4.79 Å². The van der Waals surface area contributed by atoms with Crippen LogP contribution in [0.2, 0.25) is 0 Å². The number of hydrogen-bond donors (Lipinski definition) is 0. The van der Waals surface area contributed by atoms with Gasteiger partial charge >= 0.3 is 0 Å². The summed E-state index contributed by atoms with van der Waals surface area (Å²) in [6.07, 6.45) is 5.95. The van der Waals surface area contributed by atoms with Gasteiger partial charge in [0, 0.05) is 35.5 Å². The second-order valence-electron chi connectivity index (χ2n) is 6.01. The summed E-state index contributed by atoms with van der Waals surface area (Å²) in [6.45, 7) is 7.91. The summed E-state index contributed by atoms with van der Waals surface area (Å²) < 4.78 is 0.362. The largest absolute Gasteiger partial charge is 0.303 e. The molecule has 0 radical (unpaired) electrons. The van der Waals surface area contributed by atoms with Crippen molar-refractivity contribution in [3.05, 3.63) is 0 Å². The molecule has 0 aromatic rings. The second kappa shape index (κ2) is 4.69. The molecule has 0 atom stereocenters. The molecule has 0 spiro atoms. The molecule has 1 aliphatic carbocycles. The molecule has 2 nitrogen and oxygen atoms in total. The molecule has 2 aliphatic rings. The zero-order valence-electron chi connectivity index (χ0n) is 10.5. The van der Waals surface area contributed by atoms with E-state index in [0.717, 1.165) is 32.5 Å². The number of nitrogens with zero attached hydrogens (tertiary/aromatic N) is 1. The van der Waals surface area contributed by atoms with E-state index >= 15 is 0 Å². The number of rotatable bonds is 3. The van der Waals surface area contributed by atoms with Crippen molar-refractivity contribution in [2.24, 2.45) is 5.41 Å². The summed E-state index contributed by atoms with van der Waals surface area (Å²) in [7, 11) is 0. The first-order valence-corrected chi connectivity index (χ1v) is 7.37. The van der Waals surface area contributed by atoms with Crippen molar-refractivity contribution >= 4 is 18.0 Å². The van der Waals surface area contributed by atoms with Gasteiger partial charge in [-0.15, -0.1) is 0 Å². The van der Waals surface area contributed by atoms with Gasteiger partial charge in [-0.25, -0.2) is 0 Å². The lowest BCUT2D eigenvalue weighted by molar-refractivity contribution is -0.117. The lowest BCUT2D eigenvalue weighted by Gasteiger charge is -2.40. The Kier molecular flexibility index (Phi) is 3.65. The summed E-state index contributed by atoms with van der Waals surface area (Å²) >= 11 is 2.06. The molecular weight excluding hydrogens is 218 g/mol. The third-order valence-corrected chi connectivity index (χ3v) is 5.19. The van der Waals surface area contributed by atoms with E-state index in [-0.39, 0.29) is 5.41 Å². The molecule has 1 saturated heterocycles. The molecule has 1 heterocycles. The van der Waals surface area contributed by atoms with Crippen LogP contribution in [0.1, 0.15) is 39.5 Å². The number of carbonyl (C=O) groups excluding carboxylic acids is 1. The van der Waals surface area contributed by atoms with Gasteiger partial charge in [-0.3, -0.25) is 0 Å². The molecule has 0 N–H and O–H groups in total. The van der Waals surface area contributed by atoms with Crippen molar-refractivity contribution in [3.63, 3.8) is 0 Å². The molecule has 2 fully saturated rings. The third kappa shape index (κ3) is 2.80. The Morgan fingerprint density at radius 3 is 2.56 bits per heavy atom. The molecule has 0 amide bonds. The van der Waals surface area contributed by atoms with Gasteiger partial charge in [0.15, 0.2) is 0 Å². The molecule has 16 heavy (non-hydrogen) atoms. The summed E-state index contributed by atoms with van der Waals surface area (Å²) in [5.74, 6) is 1.21. The number of thioether (sulfide) groups is 1. The molecule has 3 heteroatoms. The van der Waals surface area contributed by atoms with Crippen LogP contribution in [0.3, 0.4) is 0 Å². The first-order valence-electron chi connectivity index (χ1n) is 6.38. The summed E-state index contributed by atoms with van der Waals surface area (Å²) in [6, 6.07) is 0. The van der Waals surface area contributed by atoms with Crippen LogP contribution in [0.4, 0.5) is 0 Å². The molecule has 0 bridgehead atoms. The highest BCUT2D eigenvalue weighted by Crippen LogP contribution is 2.38. The maximum Gasteiger partial charge on any atom is 0.127 e. The predicted octanol–water partition coefficient (Wildman–Crippen LogP) is 2.57. The van der Waals surface area contributed by atoms with Crippen LogP contribution in [0.25, 0.3) is 0 Å². The molecule has 0 aromatic heterocycles. The Morgan fingerprint density at radius 1 is 1.31 bits per heavy atom. The molecule has 0 aromatic carbocycles. The van der Waals surface area contributed by atoms with Gasteiger partial charge in [0.1, 0.15) is 6.29 Å². The van der Waals surface area contributed by atoms with Gasteiger partial charge < -0.3 is 9.69 Å². The summed E-state index contributed by atoms with van der Waals surface area (Å²) in [5.41, 5.74) is -0.00190. The monoisotopic (exact) mass is 241 g/mol. The molecule has 0 unspecified atom stereocenters. The molecule has 1 saturated carbocycles. The van der Waals surface area contributed by atoms with Gasteiger partial charge in [-0.1, -0.05) is 12.8 Å². The minimum atomic E-state index is -0.00190. The maximum atomic E-state index is 11.3. The molecule has 92 valence electrons. The third-order valence-electron chi connectivity index (χ3n) is 3.89. The highest BCUT2D eigenvalue weighted by Gasteiger charge is 2.37. The maximum absolute atomic E-state index is 11.3. The fourth-order valence-corrected chi connectivity index (χ4v) is 4.26. The van der Waals surface area contributed by atoms with E-state index in [1.165, 1.54) is 24.9 Å². The van der Waals surface area contributed by atoms with Crippen LogP contribution < -0.4 is 0 Å². The lowest BCUT2D eigenvalue weighted by Crippen LogP contribution is -2.47. The fourth-order valence-electron chi connectivity index (χ4n) is 3.09. The Balaban J connectivity index is 1.95. The Labute approximate surface area is 103 Å². The van der Waals surface area contributed by atoms with Crippen LogP contribution >= 0.6 is 11.8 Å². The number of carbonyl (C=O) groups is 1. The zero-order valence-corrected chi connectivity index (χ0v) is 11.3. The van der Waals surface area contributed by atoms with Gasteiger partial charge in [0.05, 0.1) is 0 Å². The van der Waals surface area contributed by atoms with E-state index in [0.29, 0.717) is 4.75 Å². The Bertz CT molecular complexity index is 259. The fraction of sp³-hybridized carbons (Fsp3) is 0.923. The van der Waals surface area contributed by atoms with Gasteiger partial charge in [0.2, 0.25) is 0 Å². The van der Waals surface area contributed by atoms with E-state index in [1.807, 2.05) is 0 Å². The predicted molar refractivity (Wildman–Crippen MR) is 69.9 cm³/mol. The average molecular weight is 241 g/mol. The van der Waals surface area contributed by atoms with Gasteiger partial charge in [-0.2, -0.15) is 11.8 Å². The van der Waals surface area contributed by atoms with Crippen molar-refractivity contribution in [1.82, 2.24) is 4.90 Å². The van der Waals surface area contributed by atoms with E-state index in [9.17, 15) is 4.79 Å². The molecular formula is C13H23NOS. The van der Waals surface area contributed by atoms with Crippen molar-refractivity contribution in [3.8, 4) is 0 Å². The van der Waals surface area contributed by atoms with Gasteiger partial charge in [0.25, 0.3) is 0 Å². The smallest absolute Gasteiger partial charge is 0.127 e. The van der Waals surface area contributed by atoms with Crippen LogP contribution in [-0.4, -0.2) is 41.3 Å². The summed E-state index contributed by atoms with van der Waals surface area (Å²) in [5, 5.41) is 0. The number of hydrogen-bond acceptors (Lipinski definition) is 3. The quantitative estimate of drug-likeness (QED) is 0.708. The number of aldehydes is 1. The van der Waals surface area contributed by atoms with Crippen LogP contribution in [0.5, 0.6) is 0 Å². The standard InChI is InChI=1S/C13H23NOS/c1-12(2)9-14(7-8-16-12)10-13(11-15)5-3-4-6-13/h11H,3-10H2,1-2H3. The first-order chi connectivity index (χ1) is 7.55. The topological polar surface area (TPSA) is 20.3 Å². The van der Waals surface area contributed by atoms with E-state index in [2.05, 4.69) is 30.5 Å². The minimum Gasteiger partial charge on any atom is -0.303 e. The summed E-state index contributed by atoms with van der Waals surface area (Å²) in [4.78, 5) is 13.8. The lowest BCUT2D eigenvalue weighted by atomic mass is 9.87. The highest BCUT2D eigenvalue weighted by molar-refractivity contribution is 8.00. The van der Waals surface area contributed by atoms with Crippen molar-refractivity contribution in [2.45, 2.75) is 44.3 Å². The van der Waals surface area contributed by atoms with Crippen LogP contribution in [-0.2, 0) is 4.79 Å².